The van der Waals surface area contributed by atoms with Gasteiger partial charge in [-0.25, -0.2) is 4.98 Å². The number of nitrogens with zero attached hydrogens (tertiary/aromatic N) is 2. The van der Waals surface area contributed by atoms with Crippen molar-refractivity contribution >= 4 is 33.7 Å². The second-order valence-corrected chi connectivity index (χ2v) is 7.90. The van der Waals surface area contributed by atoms with Crippen LogP contribution in [0.15, 0.2) is 28.1 Å². The Morgan fingerprint density at radius 2 is 2.22 bits per heavy atom. The fraction of sp³-hybridized carbons (Fsp3) is 0.312. The zero-order valence-corrected chi connectivity index (χ0v) is 14.4. The molecular formula is C16H15N3O2S2. The SMILES string of the molecule is Cc1nc(NC(=O)C2(c3cc(-c4cccs4)on3)CC2)sc1C. The zero-order valence-electron chi connectivity index (χ0n) is 12.8. The Hall–Kier alpha value is -1.99. The number of thiazole rings is 1. The summed E-state index contributed by atoms with van der Waals surface area (Å²) in [7, 11) is 0. The molecule has 1 N–H and O–H groups in total. The molecule has 3 heterocycles. The molecule has 1 aliphatic rings. The minimum Gasteiger partial charge on any atom is -0.355 e. The molecule has 118 valence electrons. The Bertz CT molecular complexity index is 840. The lowest BCUT2D eigenvalue weighted by molar-refractivity contribution is -0.118. The monoisotopic (exact) mass is 345 g/mol. The van der Waals surface area contributed by atoms with Crippen LogP contribution in [0.1, 0.15) is 29.1 Å². The number of thiophene rings is 1. The van der Waals surface area contributed by atoms with E-state index in [1.165, 1.54) is 11.3 Å². The van der Waals surface area contributed by atoms with Crippen LogP contribution in [0.4, 0.5) is 5.13 Å². The first-order chi connectivity index (χ1) is 11.1. The minimum atomic E-state index is -0.563. The van der Waals surface area contributed by atoms with Gasteiger partial charge in [-0.2, -0.15) is 0 Å². The Balaban J connectivity index is 1.57. The lowest BCUT2D eigenvalue weighted by Gasteiger charge is -2.10. The lowest BCUT2D eigenvalue weighted by Crippen LogP contribution is -2.28. The number of aromatic nitrogens is 2. The topological polar surface area (TPSA) is 68.0 Å². The van der Waals surface area contributed by atoms with Crippen LogP contribution >= 0.6 is 22.7 Å². The molecule has 23 heavy (non-hydrogen) atoms. The molecule has 1 fully saturated rings. The van der Waals surface area contributed by atoms with Crippen molar-refractivity contribution in [2.45, 2.75) is 32.1 Å². The second kappa shape index (κ2) is 5.28. The van der Waals surface area contributed by atoms with E-state index in [0.29, 0.717) is 10.8 Å². The first-order valence-electron chi connectivity index (χ1n) is 7.35. The minimum absolute atomic E-state index is 0.0442. The maximum absolute atomic E-state index is 12.7. The molecule has 0 spiro atoms. The highest BCUT2D eigenvalue weighted by Crippen LogP contribution is 2.49. The summed E-state index contributed by atoms with van der Waals surface area (Å²) in [6.45, 7) is 3.94. The predicted molar refractivity (Wildman–Crippen MR) is 90.9 cm³/mol. The van der Waals surface area contributed by atoms with Crippen LogP contribution in [-0.2, 0) is 10.2 Å². The van der Waals surface area contributed by atoms with Crippen molar-refractivity contribution in [1.29, 1.82) is 0 Å². The van der Waals surface area contributed by atoms with Crippen molar-refractivity contribution in [2.75, 3.05) is 5.32 Å². The maximum Gasteiger partial charge on any atom is 0.238 e. The number of hydrogen-bond donors (Lipinski definition) is 1. The Kier molecular flexibility index (Phi) is 3.35. The van der Waals surface area contributed by atoms with Gasteiger partial charge in [0.15, 0.2) is 10.9 Å². The number of nitrogens with one attached hydrogen (secondary N) is 1. The summed E-state index contributed by atoms with van der Waals surface area (Å²) < 4.78 is 5.43. The predicted octanol–water partition coefficient (Wildman–Crippen LogP) is 4.15. The van der Waals surface area contributed by atoms with Gasteiger partial charge in [-0.1, -0.05) is 11.2 Å². The summed E-state index contributed by atoms with van der Waals surface area (Å²) in [5, 5.41) is 9.73. The van der Waals surface area contributed by atoms with Crippen LogP contribution in [-0.4, -0.2) is 16.0 Å². The first kappa shape index (κ1) is 14.6. The molecule has 0 unspecified atom stereocenters. The summed E-state index contributed by atoms with van der Waals surface area (Å²) in [4.78, 5) is 19.2. The standard InChI is InChI=1S/C16H15N3O2S2/c1-9-10(2)23-15(17-9)18-14(20)16(5-6-16)13-8-11(21-19-13)12-4-3-7-22-12/h3-4,7-8H,5-6H2,1-2H3,(H,17,18,20). The van der Waals surface area contributed by atoms with E-state index in [1.807, 2.05) is 37.4 Å². The molecule has 1 amide bonds. The summed E-state index contributed by atoms with van der Waals surface area (Å²) in [5.74, 6) is 0.673. The van der Waals surface area contributed by atoms with Crippen LogP contribution in [0.5, 0.6) is 0 Å². The van der Waals surface area contributed by atoms with E-state index in [1.54, 1.807) is 11.3 Å². The number of carbonyl (C=O) groups excluding carboxylic acids is 1. The molecule has 3 aromatic heterocycles. The van der Waals surface area contributed by atoms with Crippen LogP contribution in [0, 0.1) is 13.8 Å². The van der Waals surface area contributed by atoms with Gasteiger partial charge in [0.2, 0.25) is 5.91 Å². The van der Waals surface area contributed by atoms with Gasteiger partial charge in [0.05, 0.1) is 21.7 Å². The van der Waals surface area contributed by atoms with Gasteiger partial charge in [0.1, 0.15) is 0 Å². The largest absolute Gasteiger partial charge is 0.355 e. The fourth-order valence-electron chi connectivity index (χ4n) is 2.50. The van der Waals surface area contributed by atoms with Crippen LogP contribution in [0.3, 0.4) is 0 Å². The van der Waals surface area contributed by atoms with E-state index in [9.17, 15) is 4.79 Å². The average molecular weight is 345 g/mol. The molecule has 7 heteroatoms. The Morgan fingerprint density at radius 3 is 2.83 bits per heavy atom. The fourth-order valence-corrected chi connectivity index (χ4v) is 3.99. The molecule has 1 saturated carbocycles. The van der Waals surface area contributed by atoms with E-state index in [0.717, 1.165) is 34.1 Å². The maximum atomic E-state index is 12.7. The summed E-state index contributed by atoms with van der Waals surface area (Å²) in [5.41, 5.74) is 1.10. The van der Waals surface area contributed by atoms with Gasteiger partial charge < -0.3 is 9.84 Å². The van der Waals surface area contributed by atoms with Gasteiger partial charge in [0, 0.05) is 10.9 Å². The van der Waals surface area contributed by atoms with Crippen molar-refractivity contribution in [2.24, 2.45) is 0 Å². The van der Waals surface area contributed by atoms with E-state index in [2.05, 4.69) is 15.5 Å². The molecule has 0 radical (unpaired) electrons. The second-order valence-electron chi connectivity index (χ2n) is 5.75. The van der Waals surface area contributed by atoms with Crippen molar-refractivity contribution in [3.05, 3.63) is 39.8 Å². The van der Waals surface area contributed by atoms with Gasteiger partial charge in [-0.3, -0.25) is 4.79 Å². The van der Waals surface area contributed by atoms with Crippen LogP contribution < -0.4 is 5.32 Å². The number of hydrogen-bond acceptors (Lipinski definition) is 6. The third-order valence-corrected chi connectivity index (χ3v) is 6.07. The van der Waals surface area contributed by atoms with E-state index < -0.39 is 5.41 Å². The molecular weight excluding hydrogens is 330 g/mol. The van der Waals surface area contributed by atoms with Crippen LogP contribution in [0.25, 0.3) is 10.6 Å². The molecule has 0 atom stereocenters. The van der Waals surface area contributed by atoms with Crippen molar-refractivity contribution in [3.63, 3.8) is 0 Å². The number of amides is 1. The van der Waals surface area contributed by atoms with Gasteiger partial charge in [-0.15, -0.1) is 22.7 Å². The van der Waals surface area contributed by atoms with Crippen molar-refractivity contribution in [3.8, 4) is 10.6 Å². The summed E-state index contributed by atoms with van der Waals surface area (Å²) in [6, 6.07) is 5.83. The number of rotatable bonds is 4. The molecule has 0 bridgehead atoms. The average Bonchev–Trinajstić information content (AvgIpc) is 2.92. The quantitative estimate of drug-likeness (QED) is 0.771. The normalized spacial score (nSPS) is 15.6. The molecule has 1 aliphatic carbocycles. The Morgan fingerprint density at radius 1 is 1.39 bits per heavy atom. The Labute approximate surface area is 141 Å². The summed E-state index contributed by atoms with van der Waals surface area (Å²) in [6.07, 6.45) is 1.58. The highest BCUT2D eigenvalue weighted by Gasteiger charge is 2.54. The zero-order chi connectivity index (χ0) is 16.0. The molecule has 3 aromatic rings. The van der Waals surface area contributed by atoms with Gasteiger partial charge in [0.25, 0.3) is 0 Å². The third-order valence-electron chi connectivity index (χ3n) is 4.20. The summed E-state index contributed by atoms with van der Waals surface area (Å²) >= 11 is 3.09. The number of anilines is 1. The number of carbonyl (C=O) groups is 1. The van der Waals surface area contributed by atoms with Crippen molar-refractivity contribution in [1.82, 2.24) is 10.1 Å². The molecule has 0 saturated heterocycles. The van der Waals surface area contributed by atoms with Gasteiger partial charge in [-0.05, 0) is 38.1 Å². The molecule has 4 rings (SSSR count). The molecule has 0 aliphatic heterocycles. The molecule has 0 aromatic carbocycles. The third kappa shape index (κ3) is 2.49. The number of aryl methyl sites for hydroxylation is 2. The van der Waals surface area contributed by atoms with Crippen LogP contribution in [0.2, 0.25) is 0 Å². The first-order valence-corrected chi connectivity index (χ1v) is 9.05. The smallest absolute Gasteiger partial charge is 0.238 e. The van der Waals surface area contributed by atoms with Crippen molar-refractivity contribution < 1.29 is 9.32 Å². The molecule has 5 nitrogen and oxygen atoms in total. The highest BCUT2D eigenvalue weighted by molar-refractivity contribution is 7.15. The lowest BCUT2D eigenvalue weighted by atomic mass is 10.0. The van der Waals surface area contributed by atoms with Gasteiger partial charge >= 0.3 is 0 Å². The van der Waals surface area contributed by atoms with E-state index >= 15 is 0 Å². The highest BCUT2D eigenvalue weighted by atomic mass is 32.1. The van der Waals surface area contributed by atoms with E-state index in [4.69, 9.17) is 4.52 Å². The van der Waals surface area contributed by atoms with E-state index in [-0.39, 0.29) is 5.91 Å².